The van der Waals surface area contributed by atoms with Crippen LogP contribution in [0.25, 0.3) is 0 Å². The van der Waals surface area contributed by atoms with E-state index in [9.17, 15) is 20.1 Å². The molecular weight excluding hydrogens is 376 g/mol. The molecule has 4 unspecified atom stereocenters. The maximum Gasteiger partial charge on any atom is 0.194 e. The smallest absolute Gasteiger partial charge is 0.194 e. The molecule has 0 aliphatic carbocycles. The fourth-order valence-electron chi connectivity index (χ4n) is 3.18. The summed E-state index contributed by atoms with van der Waals surface area (Å²) in [5, 5.41) is 31.6. The van der Waals surface area contributed by atoms with Crippen molar-refractivity contribution in [1.82, 2.24) is 0 Å². The summed E-state index contributed by atoms with van der Waals surface area (Å²) in [6.07, 6.45) is 3.67. The summed E-state index contributed by atoms with van der Waals surface area (Å²) < 4.78 is 0. The molecule has 0 aliphatic rings. The van der Waals surface area contributed by atoms with Crippen LogP contribution in [0.1, 0.15) is 90.4 Å². The van der Waals surface area contributed by atoms with Crippen LogP contribution in [-0.4, -0.2) is 37.9 Å². The van der Waals surface area contributed by atoms with Gasteiger partial charge in [-0.3, -0.25) is 4.79 Å². The molecule has 3 N–H and O–H groups in total. The van der Waals surface area contributed by atoms with Crippen LogP contribution in [0, 0.1) is 23.7 Å². The Labute approximate surface area is 182 Å². The summed E-state index contributed by atoms with van der Waals surface area (Å²) in [5.41, 5.74) is -3.18. The van der Waals surface area contributed by atoms with Gasteiger partial charge in [-0.25, -0.2) is 0 Å². The van der Waals surface area contributed by atoms with E-state index in [1.807, 2.05) is 13.0 Å². The van der Waals surface area contributed by atoms with Gasteiger partial charge >= 0.3 is 0 Å². The Bertz CT molecular complexity index is 720. The van der Waals surface area contributed by atoms with E-state index >= 15 is 0 Å². The number of carbonyl (C=O) groups is 1. The molecule has 0 saturated carbocycles. The van der Waals surface area contributed by atoms with Crippen molar-refractivity contribution in [2.75, 3.05) is 0 Å². The average molecular weight is 417 g/mol. The van der Waals surface area contributed by atoms with Crippen molar-refractivity contribution in [3.8, 4) is 11.8 Å². The predicted molar refractivity (Wildman–Crippen MR) is 122 cm³/mol. The van der Waals surface area contributed by atoms with Gasteiger partial charge in [0, 0.05) is 5.56 Å². The van der Waals surface area contributed by atoms with E-state index < -0.39 is 16.8 Å². The lowest BCUT2D eigenvalue weighted by Crippen LogP contribution is -2.35. The highest BCUT2D eigenvalue weighted by Gasteiger charge is 2.31. The predicted octanol–water partition coefficient (Wildman–Crippen LogP) is 4.76. The summed E-state index contributed by atoms with van der Waals surface area (Å²) in [5.74, 6) is 6.12. The molecule has 4 heteroatoms. The first-order valence-corrected chi connectivity index (χ1v) is 11.1. The van der Waals surface area contributed by atoms with Gasteiger partial charge in [-0.05, 0) is 71.1 Å². The first-order chi connectivity index (χ1) is 13.7. The lowest BCUT2D eigenvalue weighted by atomic mass is 9.85. The minimum absolute atomic E-state index is 0.217. The van der Waals surface area contributed by atoms with E-state index in [0.717, 1.165) is 6.42 Å². The Hall–Kier alpha value is -1.67. The second kappa shape index (κ2) is 11.1. The molecule has 0 bridgehead atoms. The molecule has 4 atom stereocenters. The maximum atomic E-state index is 12.5. The summed E-state index contributed by atoms with van der Waals surface area (Å²) in [6.45, 7) is 11.2. The summed E-state index contributed by atoms with van der Waals surface area (Å²) >= 11 is 0. The number of rotatable bonds is 11. The number of hydrogen-bond acceptors (Lipinski definition) is 4. The third-order valence-electron chi connectivity index (χ3n) is 5.58. The summed E-state index contributed by atoms with van der Waals surface area (Å²) in [7, 11) is 0. The molecule has 168 valence electrons. The first kappa shape index (κ1) is 26.4. The van der Waals surface area contributed by atoms with E-state index in [1.165, 1.54) is 0 Å². The van der Waals surface area contributed by atoms with E-state index in [1.54, 1.807) is 45.0 Å². The minimum atomic E-state index is -1.41. The van der Waals surface area contributed by atoms with Crippen LogP contribution in [0.5, 0.6) is 0 Å². The van der Waals surface area contributed by atoms with Crippen LogP contribution >= 0.6 is 0 Å². The van der Waals surface area contributed by atoms with Gasteiger partial charge in [0.2, 0.25) is 0 Å². The third kappa shape index (κ3) is 9.89. The molecule has 0 aromatic heterocycles. The van der Waals surface area contributed by atoms with Crippen molar-refractivity contribution in [1.29, 1.82) is 0 Å². The van der Waals surface area contributed by atoms with Gasteiger partial charge in [-0.15, -0.1) is 0 Å². The molecule has 0 radical (unpaired) electrons. The molecule has 0 aliphatic heterocycles. The van der Waals surface area contributed by atoms with Crippen molar-refractivity contribution in [3.63, 3.8) is 0 Å². The van der Waals surface area contributed by atoms with Crippen LogP contribution in [0.2, 0.25) is 0 Å². The van der Waals surface area contributed by atoms with E-state index in [4.69, 9.17) is 0 Å². The molecule has 0 spiro atoms. The van der Waals surface area contributed by atoms with Crippen LogP contribution in [0.3, 0.4) is 0 Å². The average Bonchev–Trinajstić information content (AvgIpc) is 2.68. The van der Waals surface area contributed by atoms with Gasteiger partial charge in [0.15, 0.2) is 5.78 Å². The largest absolute Gasteiger partial charge is 0.382 e. The molecule has 0 heterocycles. The topological polar surface area (TPSA) is 77.8 Å². The number of carbonyl (C=O) groups excluding carboxylic acids is 1. The van der Waals surface area contributed by atoms with Crippen molar-refractivity contribution in [2.45, 2.75) is 96.9 Å². The lowest BCUT2D eigenvalue weighted by molar-refractivity contribution is 0.0331. The first-order valence-electron chi connectivity index (χ1n) is 11.1. The summed E-state index contributed by atoms with van der Waals surface area (Å²) in [4.78, 5) is 12.5. The normalized spacial score (nSPS) is 18.5. The number of hydrogen-bond donors (Lipinski definition) is 3. The highest BCUT2D eigenvalue weighted by atomic mass is 16.3. The Morgan fingerprint density at radius 3 is 1.80 bits per heavy atom. The number of aliphatic hydroxyl groups is 3. The second-order valence-corrected chi connectivity index (χ2v) is 9.88. The molecule has 0 saturated heterocycles. The number of Topliss-reactive ketones (excluding diaryl/α,β-unsaturated/α-hetero) is 1. The van der Waals surface area contributed by atoms with Gasteiger partial charge in [0.25, 0.3) is 0 Å². The van der Waals surface area contributed by atoms with Crippen LogP contribution < -0.4 is 0 Å². The van der Waals surface area contributed by atoms with Crippen molar-refractivity contribution in [3.05, 3.63) is 35.9 Å². The molecule has 0 amide bonds. The van der Waals surface area contributed by atoms with Crippen molar-refractivity contribution >= 4 is 5.78 Å². The number of ketones is 1. The molecule has 1 aromatic rings. The van der Waals surface area contributed by atoms with Gasteiger partial charge in [0.1, 0.15) is 16.8 Å². The van der Waals surface area contributed by atoms with E-state index in [-0.39, 0.29) is 11.7 Å². The Morgan fingerprint density at radius 2 is 1.30 bits per heavy atom. The van der Waals surface area contributed by atoms with Gasteiger partial charge in [-0.2, -0.15) is 0 Å². The molecule has 0 fully saturated rings. The molecular formula is C26H40O4. The van der Waals surface area contributed by atoms with Crippen LogP contribution in [-0.2, 0) is 0 Å². The Morgan fingerprint density at radius 1 is 0.833 bits per heavy atom. The Balaban J connectivity index is 2.54. The van der Waals surface area contributed by atoms with Gasteiger partial charge < -0.3 is 15.3 Å². The van der Waals surface area contributed by atoms with Crippen molar-refractivity contribution in [2.24, 2.45) is 11.8 Å². The van der Waals surface area contributed by atoms with E-state index in [0.29, 0.717) is 43.6 Å². The molecule has 1 aromatic carbocycles. The lowest BCUT2D eigenvalue weighted by Gasteiger charge is -2.25. The second-order valence-electron chi connectivity index (χ2n) is 9.88. The highest BCUT2D eigenvalue weighted by Crippen LogP contribution is 2.25. The molecule has 4 nitrogen and oxygen atoms in total. The minimum Gasteiger partial charge on any atom is -0.382 e. The maximum absolute atomic E-state index is 12.5. The van der Waals surface area contributed by atoms with Crippen molar-refractivity contribution < 1.29 is 20.1 Å². The van der Waals surface area contributed by atoms with Gasteiger partial charge in [0.05, 0.1) is 0 Å². The molecule has 1 rings (SSSR count). The van der Waals surface area contributed by atoms with E-state index in [2.05, 4.69) is 25.7 Å². The molecule has 30 heavy (non-hydrogen) atoms. The zero-order chi connectivity index (χ0) is 23.0. The Kier molecular flexibility index (Phi) is 9.75. The highest BCUT2D eigenvalue weighted by molar-refractivity contribution is 6.01. The SMILES string of the molecule is CC(C)CCC(C)(O)C#CC(C)(O)CCC(C)CCC(C)(O)C(=O)c1ccccc1. The van der Waals surface area contributed by atoms with Gasteiger partial charge in [-0.1, -0.05) is 62.9 Å². The fourth-order valence-corrected chi connectivity index (χ4v) is 3.18. The van der Waals surface area contributed by atoms with Crippen LogP contribution in [0.4, 0.5) is 0 Å². The third-order valence-corrected chi connectivity index (χ3v) is 5.58. The van der Waals surface area contributed by atoms with Crippen LogP contribution in [0.15, 0.2) is 30.3 Å². The zero-order valence-electron chi connectivity index (χ0n) is 19.5. The zero-order valence-corrected chi connectivity index (χ0v) is 19.5. The standard InChI is InChI=1S/C26H40O4/c1-20(2)12-15-24(4,28)18-19-25(5,29)16-13-21(3)14-17-26(6,30)23(27)22-10-8-7-9-11-22/h7-11,20-21,28-30H,12-17H2,1-6H3. The summed E-state index contributed by atoms with van der Waals surface area (Å²) in [6, 6.07) is 8.84. The number of benzene rings is 1. The fraction of sp³-hybridized carbons (Fsp3) is 0.654. The monoisotopic (exact) mass is 416 g/mol. The quantitative estimate of drug-likeness (QED) is 0.359.